The average molecular weight is 1030 g/mol. The summed E-state index contributed by atoms with van der Waals surface area (Å²) < 4.78 is 28.3. The highest BCUT2D eigenvalue weighted by Crippen LogP contribution is 2.26. The van der Waals surface area contributed by atoms with Gasteiger partial charge in [-0.05, 0) is 83.5 Å². The Hall–Kier alpha value is -3.58. The highest BCUT2D eigenvalue weighted by Gasteiger charge is 2.50. The van der Waals surface area contributed by atoms with Crippen LogP contribution in [0, 0.1) is 0 Å². The molecule has 0 aliphatic carbocycles. The molecule has 420 valence electrons. The Morgan fingerprint density at radius 1 is 0.466 bits per heavy atom. The quantitative estimate of drug-likeness (QED) is 0.0228. The lowest BCUT2D eigenvalue weighted by Gasteiger charge is -2.40. The highest BCUT2D eigenvalue weighted by molar-refractivity contribution is 5.74. The number of carboxylic acid groups (broad SMARTS) is 1. The molecule has 0 bridgehead atoms. The van der Waals surface area contributed by atoms with E-state index in [1.54, 1.807) is 0 Å². The minimum Gasteiger partial charge on any atom is -0.479 e. The summed E-state index contributed by atoms with van der Waals surface area (Å²) >= 11 is 0. The van der Waals surface area contributed by atoms with Crippen LogP contribution in [0.15, 0.2) is 60.8 Å². The summed E-state index contributed by atoms with van der Waals surface area (Å²) in [5, 5.41) is 31.4. The van der Waals surface area contributed by atoms with Gasteiger partial charge in [0, 0.05) is 19.3 Å². The SMILES string of the molecule is CC/C=C\C/C=C\C/C=C\C/C=C\CCCCC(=O)OCC(COC1OC(C(=O)O)C(O)C(O)C1OC(=O)CCCCCCCCCCC/C=C\CCCCCCCC)OC(=O)CCCCCCCCCCC. The number of carboxylic acids is 1. The van der Waals surface area contributed by atoms with E-state index in [9.17, 15) is 34.5 Å². The standard InChI is InChI=1S/C61H104O12/c1-4-7-10-13-16-19-21-23-25-26-27-28-30-32-34-37-40-43-46-49-55(64)72-59-57(66)56(65)58(60(67)68)73-61(59)70-51-52(71-54(63)48-45-42-39-35-18-15-12-9-6-3)50-69-53(62)47-44-41-38-36-33-31-29-24-22-20-17-14-11-8-5-2/h8,11,17,20,23-25,29,33,36,52,56-59,61,65-66H,4-7,9-10,12-16,18-19,21-22,26-28,30-32,34-35,37-51H2,1-3H3,(H,67,68)/b11-8-,20-17-,25-23-,29-24-,36-33-. The van der Waals surface area contributed by atoms with Crippen molar-refractivity contribution in [2.24, 2.45) is 0 Å². The fourth-order valence-corrected chi connectivity index (χ4v) is 8.59. The van der Waals surface area contributed by atoms with Crippen LogP contribution in [0.5, 0.6) is 0 Å². The number of hydrogen-bond donors (Lipinski definition) is 3. The summed E-state index contributed by atoms with van der Waals surface area (Å²) in [5.41, 5.74) is 0. The second-order valence-corrected chi connectivity index (χ2v) is 19.9. The van der Waals surface area contributed by atoms with E-state index in [1.165, 1.54) is 103 Å². The van der Waals surface area contributed by atoms with Crippen molar-refractivity contribution in [1.82, 2.24) is 0 Å². The minimum absolute atomic E-state index is 0.0548. The molecule has 0 aromatic heterocycles. The minimum atomic E-state index is -1.91. The number of aliphatic carboxylic acids is 1. The molecule has 1 saturated heterocycles. The fraction of sp³-hybridized carbons (Fsp3) is 0.770. The summed E-state index contributed by atoms with van der Waals surface area (Å²) in [5.74, 6) is -3.17. The van der Waals surface area contributed by atoms with Crippen molar-refractivity contribution in [2.45, 2.75) is 289 Å². The predicted molar refractivity (Wildman–Crippen MR) is 294 cm³/mol. The zero-order valence-electron chi connectivity index (χ0n) is 46.1. The summed E-state index contributed by atoms with van der Waals surface area (Å²) in [6.45, 7) is 5.82. The molecular weight excluding hydrogens is 925 g/mol. The van der Waals surface area contributed by atoms with E-state index in [4.69, 9.17) is 23.7 Å². The molecule has 3 N–H and O–H groups in total. The van der Waals surface area contributed by atoms with Gasteiger partial charge in [-0.15, -0.1) is 0 Å². The van der Waals surface area contributed by atoms with Crippen molar-refractivity contribution in [3.8, 4) is 0 Å². The first kappa shape index (κ1) is 67.4. The molecular formula is C61H104O12. The van der Waals surface area contributed by atoms with Crippen molar-refractivity contribution < 1.29 is 58.2 Å². The molecule has 1 rings (SSSR count). The van der Waals surface area contributed by atoms with Crippen LogP contribution in [0.3, 0.4) is 0 Å². The number of aliphatic hydroxyl groups excluding tert-OH is 2. The normalized spacial score (nSPS) is 18.7. The van der Waals surface area contributed by atoms with Gasteiger partial charge < -0.3 is 39.0 Å². The number of esters is 3. The number of hydrogen-bond acceptors (Lipinski definition) is 11. The van der Waals surface area contributed by atoms with Gasteiger partial charge in [-0.1, -0.05) is 210 Å². The van der Waals surface area contributed by atoms with Crippen LogP contribution in [-0.2, 0) is 42.9 Å². The average Bonchev–Trinajstić information content (AvgIpc) is 3.37. The van der Waals surface area contributed by atoms with Gasteiger partial charge >= 0.3 is 23.9 Å². The molecule has 0 radical (unpaired) electrons. The molecule has 0 amide bonds. The number of rotatable bonds is 49. The van der Waals surface area contributed by atoms with Gasteiger partial charge in [0.1, 0.15) is 18.8 Å². The van der Waals surface area contributed by atoms with E-state index in [1.807, 2.05) is 0 Å². The number of carbonyl (C=O) groups excluding carboxylic acids is 3. The van der Waals surface area contributed by atoms with E-state index in [2.05, 4.69) is 81.5 Å². The fourth-order valence-electron chi connectivity index (χ4n) is 8.59. The Bertz CT molecular complexity index is 1500. The Balaban J connectivity index is 2.65. The maximum absolute atomic E-state index is 13.1. The van der Waals surface area contributed by atoms with Gasteiger partial charge in [-0.25, -0.2) is 4.79 Å². The number of ether oxygens (including phenoxy) is 5. The van der Waals surface area contributed by atoms with Crippen molar-refractivity contribution in [1.29, 1.82) is 0 Å². The van der Waals surface area contributed by atoms with Crippen LogP contribution in [0.2, 0.25) is 0 Å². The molecule has 1 aliphatic rings. The molecule has 6 atom stereocenters. The molecule has 1 fully saturated rings. The van der Waals surface area contributed by atoms with Gasteiger partial charge in [-0.3, -0.25) is 14.4 Å². The van der Waals surface area contributed by atoms with Crippen LogP contribution in [0.1, 0.15) is 252 Å². The molecule has 0 aromatic carbocycles. The molecule has 0 aromatic rings. The Kier molecular flexibility index (Phi) is 45.5. The maximum atomic E-state index is 13.1. The molecule has 1 aliphatic heterocycles. The number of carbonyl (C=O) groups is 4. The summed E-state index contributed by atoms with van der Waals surface area (Å²) in [6.07, 6.45) is 47.8. The predicted octanol–water partition coefficient (Wildman–Crippen LogP) is 14.8. The highest BCUT2D eigenvalue weighted by atomic mass is 16.7. The lowest BCUT2D eigenvalue weighted by molar-refractivity contribution is -0.301. The number of allylic oxidation sites excluding steroid dienone is 10. The van der Waals surface area contributed by atoms with Gasteiger partial charge in [0.05, 0.1) is 6.61 Å². The monoisotopic (exact) mass is 1030 g/mol. The number of aliphatic hydroxyl groups is 2. The van der Waals surface area contributed by atoms with Crippen molar-refractivity contribution in [2.75, 3.05) is 13.2 Å². The Morgan fingerprint density at radius 3 is 1.36 bits per heavy atom. The number of unbranched alkanes of at least 4 members (excludes halogenated alkanes) is 25. The smallest absolute Gasteiger partial charge is 0.335 e. The van der Waals surface area contributed by atoms with E-state index < -0.39 is 67.3 Å². The lowest BCUT2D eigenvalue weighted by Crippen LogP contribution is -2.61. The second kappa shape index (κ2) is 49.3. The maximum Gasteiger partial charge on any atom is 0.335 e. The van der Waals surface area contributed by atoms with Crippen LogP contribution in [-0.4, -0.2) is 89.2 Å². The molecule has 1 heterocycles. The van der Waals surface area contributed by atoms with Crippen LogP contribution >= 0.6 is 0 Å². The zero-order chi connectivity index (χ0) is 53.3. The molecule has 0 spiro atoms. The van der Waals surface area contributed by atoms with E-state index in [0.29, 0.717) is 19.3 Å². The van der Waals surface area contributed by atoms with Crippen molar-refractivity contribution in [3.05, 3.63) is 60.8 Å². The molecule has 12 nitrogen and oxygen atoms in total. The molecule has 6 unspecified atom stereocenters. The van der Waals surface area contributed by atoms with Gasteiger partial charge in [0.25, 0.3) is 0 Å². The molecule has 12 heteroatoms. The van der Waals surface area contributed by atoms with Gasteiger partial charge in [0.15, 0.2) is 24.6 Å². The summed E-state index contributed by atoms with van der Waals surface area (Å²) in [6, 6.07) is 0. The second-order valence-electron chi connectivity index (χ2n) is 19.9. The lowest BCUT2D eigenvalue weighted by atomic mass is 9.98. The van der Waals surface area contributed by atoms with Crippen LogP contribution < -0.4 is 0 Å². The van der Waals surface area contributed by atoms with Crippen molar-refractivity contribution >= 4 is 23.9 Å². The zero-order valence-corrected chi connectivity index (χ0v) is 46.1. The first-order valence-electron chi connectivity index (χ1n) is 29.3. The Morgan fingerprint density at radius 2 is 0.863 bits per heavy atom. The third-order valence-electron chi connectivity index (χ3n) is 13.1. The van der Waals surface area contributed by atoms with E-state index in [-0.39, 0.29) is 25.9 Å². The third kappa shape index (κ3) is 39.5. The van der Waals surface area contributed by atoms with Crippen molar-refractivity contribution in [3.63, 3.8) is 0 Å². The van der Waals surface area contributed by atoms with Crippen LogP contribution in [0.4, 0.5) is 0 Å². The third-order valence-corrected chi connectivity index (χ3v) is 13.1. The summed E-state index contributed by atoms with van der Waals surface area (Å²) in [4.78, 5) is 51.0. The van der Waals surface area contributed by atoms with Crippen LogP contribution in [0.25, 0.3) is 0 Å². The van der Waals surface area contributed by atoms with E-state index in [0.717, 1.165) is 89.9 Å². The Labute approximate surface area is 443 Å². The van der Waals surface area contributed by atoms with Gasteiger partial charge in [0.2, 0.25) is 0 Å². The largest absolute Gasteiger partial charge is 0.479 e. The first-order valence-corrected chi connectivity index (χ1v) is 29.3. The van der Waals surface area contributed by atoms with Gasteiger partial charge in [-0.2, -0.15) is 0 Å². The summed E-state index contributed by atoms with van der Waals surface area (Å²) in [7, 11) is 0. The topological polar surface area (TPSA) is 175 Å². The molecule has 73 heavy (non-hydrogen) atoms. The molecule has 0 saturated carbocycles. The van der Waals surface area contributed by atoms with E-state index >= 15 is 0 Å². The first-order chi connectivity index (χ1) is 35.6.